The van der Waals surface area contributed by atoms with Crippen LogP contribution in [-0.4, -0.2) is 59.2 Å². The molecule has 2 aliphatic rings. The molecule has 2 fully saturated rings. The van der Waals surface area contributed by atoms with E-state index in [0.29, 0.717) is 47.8 Å². The molecule has 0 radical (unpaired) electrons. The number of ether oxygens (including phenoxy) is 2. The molecule has 0 unspecified atom stereocenters. The maximum Gasteiger partial charge on any atom is 0.322 e. The second-order valence-electron chi connectivity index (χ2n) is 8.40. The molecule has 12 heteroatoms. The molecule has 3 heterocycles. The number of hydrogen-bond acceptors (Lipinski definition) is 6. The van der Waals surface area contributed by atoms with E-state index in [4.69, 9.17) is 21.1 Å². The van der Waals surface area contributed by atoms with Crippen molar-refractivity contribution in [3.8, 4) is 5.75 Å². The Kier molecular flexibility index (Phi) is 6.28. The largest absolute Gasteiger partial charge is 0.486 e. The summed E-state index contributed by atoms with van der Waals surface area (Å²) < 4.78 is 52.3. The summed E-state index contributed by atoms with van der Waals surface area (Å²) in [6.45, 7) is 0.242. The van der Waals surface area contributed by atoms with Gasteiger partial charge in [0.1, 0.15) is 29.8 Å². The summed E-state index contributed by atoms with van der Waals surface area (Å²) in [6, 6.07) is 6.74. The van der Waals surface area contributed by atoms with Crippen LogP contribution in [0.5, 0.6) is 5.75 Å². The first-order valence-electron chi connectivity index (χ1n) is 11.0. The van der Waals surface area contributed by atoms with E-state index in [0.717, 1.165) is 4.90 Å². The summed E-state index contributed by atoms with van der Waals surface area (Å²) in [7, 11) is 0. The Bertz CT molecular complexity index is 1270. The van der Waals surface area contributed by atoms with Crippen molar-refractivity contribution in [2.45, 2.75) is 24.9 Å². The first kappa shape index (κ1) is 23.4. The highest BCUT2D eigenvalue weighted by molar-refractivity contribution is 6.31. The molecule has 5 rings (SSSR count). The predicted molar refractivity (Wildman–Crippen MR) is 124 cm³/mol. The molecule has 1 atom stereocenters. The molecule has 2 N–H and O–H groups in total. The van der Waals surface area contributed by atoms with Gasteiger partial charge in [0.25, 0.3) is 5.92 Å². The number of aromatic nitrogens is 2. The zero-order valence-electron chi connectivity index (χ0n) is 18.4. The van der Waals surface area contributed by atoms with Crippen LogP contribution in [0.15, 0.2) is 36.7 Å². The maximum absolute atomic E-state index is 13.6. The summed E-state index contributed by atoms with van der Waals surface area (Å²) in [5, 5.41) is 6.23. The number of fused-ring (bicyclic) bond motifs is 1. The Morgan fingerprint density at radius 1 is 1.26 bits per heavy atom. The minimum Gasteiger partial charge on any atom is -0.486 e. The van der Waals surface area contributed by atoms with E-state index in [9.17, 15) is 18.0 Å². The number of amides is 2. The normalized spacial score (nSPS) is 19.2. The van der Waals surface area contributed by atoms with Gasteiger partial charge in [-0.15, -0.1) is 0 Å². The maximum atomic E-state index is 13.6. The van der Waals surface area contributed by atoms with Crippen molar-refractivity contribution in [1.29, 1.82) is 0 Å². The number of hydrogen-bond donors (Lipinski definition) is 2. The average molecular weight is 508 g/mol. The molecule has 2 amide bonds. The minimum absolute atomic E-state index is 0.0552. The van der Waals surface area contributed by atoms with Crippen LogP contribution in [0, 0.1) is 5.82 Å². The van der Waals surface area contributed by atoms with Crippen molar-refractivity contribution in [2.24, 2.45) is 0 Å². The van der Waals surface area contributed by atoms with E-state index in [1.54, 1.807) is 12.1 Å². The molecule has 1 aromatic heterocycles. The number of nitrogens with zero attached hydrogens (tertiary/aromatic N) is 3. The van der Waals surface area contributed by atoms with E-state index in [2.05, 4.69) is 20.6 Å². The lowest BCUT2D eigenvalue weighted by molar-refractivity contribution is 0.0159. The Hall–Kier alpha value is -3.31. The Morgan fingerprint density at radius 2 is 2.11 bits per heavy atom. The second kappa shape index (κ2) is 9.38. The van der Waals surface area contributed by atoms with Crippen LogP contribution in [0.25, 0.3) is 10.9 Å². The first-order chi connectivity index (χ1) is 16.8. The number of nitrogens with one attached hydrogen (secondary N) is 2. The van der Waals surface area contributed by atoms with Gasteiger partial charge in [-0.3, -0.25) is 0 Å². The van der Waals surface area contributed by atoms with Gasteiger partial charge in [-0.1, -0.05) is 11.6 Å². The highest BCUT2D eigenvalue weighted by Gasteiger charge is 2.40. The van der Waals surface area contributed by atoms with E-state index < -0.39 is 24.3 Å². The highest BCUT2D eigenvalue weighted by atomic mass is 35.5. The van der Waals surface area contributed by atoms with Crippen molar-refractivity contribution < 1.29 is 27.4 Å². The van der Waals surface area contributed by atoms with Crippen molar-refractivity contribution >= 4 is 45.7 Å². The van der Waals surface area contributed by atoms with Gasteiger partial charge in [0.15, 0.2) is 0 Å². The third kappa shape index (κ3) is 5.20. The number of rotatable bonds is 5. The smallest absolute Gasteiger partial charge is 0.322 e. The number of urea groups is 1. The number of anilines is 3. The fourth-order valence-corrected chi connectivity index (χ4v) is 4.16. The van der Waals surface area contributed by atoms with Gasteiger partial charge in [-0.25, -0.2) is 27.9 Å². The van der Waals surface area contributed by atoms with Crippen LogP contribution in [0.4, 0.5) is 35.2 Å². The van der Waals surface area contributed by atoms with E-state index in [-0.39, 0.29) is 29.8 Å². The van der Waals surface area contributed by atoms with Crippen molar-refractivity contribution in [1.82, 2.24) is 14.9 Å². The summed E-state index contributed by atoms with van der Waals surface area (Å²) in [5.41, 5.74) is 1.28. The number of benzene rings is 2. The molecule has 35 heavy (non-hydrogen) atoms. The highest BCUT2D eigenvalue weighted by Crippen LogP contribution is 2.36. The molecule has 2 aromatic carbocycles. The minimum atomic E-state index is -2.91. The van der Waals surface area contributed by atoms with Gasteiger partial charge in [-0.05, 0) is 24.3 Å². The summed E-state index contributed by atoms with van der Waals surface area (Å²) in [5.74, 6) is -2.76. The fourth-order valence-electron chi connectivity index (χ4n) is 3.98. The topological polar surface area (TPSA) is 88.6 Å². The van der Waals surface area contributed by atoms with Crippen molar-refractivity contribution in [2.75, 3.05) is 36.9 Å². The van der Waals surface area contributed by atoms with Gasteiger partial charge < -0.3 is 25.0 Å². The van der Waals surface area contributed by atoms with Gasteiger partial charge in [-0.2, -0.15) is 0 Å². The SMILES string of the molecule is O=C(Nc1cc2c(Nc3ccc(F)c(Cl)c3)ncnc2cc1O[C@H]1CCOC1)N1CCC(F)(F)C1. The molecular formula is C23H21ClF3N5O3. The van der Waals surface area contributed by atoms with E-state index in [1.165, 1.54) is 24.5 Å². The summed E-state index contributed by atoms with van der Waals surface area (Å²) >= 11 is 5.88. The summed E-state index contributed by atoms with van der Waals surface area (Å²) in [4.78, 5) is 22.4. The van der Waals surface area contributed by atoms with E-state index in [1.807, 2.05) is 0 Å². The average Bonchev–Trinajstić information content (AvgIpc) is 3.46. The van der Waals surface area contributed by atoms with Crippen LogP contribution >= 0.6 is 11.6 Å². The Balaban J connectivity index is 1.49. The molecule has 3 aromatic rings. The standard InChI is InChI=1S/C23H21ClF3N5O3/c24-16-7-13(1-2-17(16)25)30-21-15-8-19(31-22(33)32-5-4-23(26,27)11-32)20(9-18(15)28-12-29-21)35-14-3-6-34-10-14/h1-2,7-9,12,14H,3-6,10-11H2,(H,31,33)(H,28,29,30)/t14-/m0/s1. The zero-order chi connectivity index (χ0) is 24.6. The molecule has 2 saturated heterocycles. The monoisotopic (exact) mass is 507 g/mol. The number of carbonyl (C=O) groups is 1. The molecule has 0 saturated carbocycles. The van der Waals surface area contributed by atoms with Crippen molar-refractivity contribution in [3.63, 3.8) is 0 Å². The lowest BCUT2D eigenvalue weighted by atomic mass is 10.1. The van der Waals surface area contributed by atoms with Gasteiger partial charge >= 0.3 is 6.03 Å². The molecular weight excluding hydrogens is 487 g/mol. The van der Waals surface area contributed by atoms with Crippen LogP contribution in [0.2, 0.25) is 5.02 Å². The van der Waals surface area contributed by atoms with Crippen molar-refractivity contribution in [3.05, 3.63) is 47.5 Å². The number of likely N-dealkylation sites (tertiary alicyclic amines) is 1. The third-order valence-electron chi connectivity index (χ3n) is 5.80. The fraction of sp³-hybridized carbons (Fsp3) is 0.348. The molecule has 2 aliphatic heterocycles. The van der Waals surface area contributed by atoms with Gasteiger partial charge in [0, 0.05) is 36.5 Å². The lowest BCUT2D eigenvalue weighted by Crippen LogP contribution is -2.35. The number of halogens is 4. The molecule has 0 spiro atoms. The van der Waals surface area contributed by atoms with Crippen LogP contribution < -0.4 is 15.4 Å². The zero-order valence-corrected chi connectivity index (χ0v) is 19.1. The lowest BCUT2D eigenvalue weighted by Gasteiger charge is -2.21. The Morgan fingerprint density at radius 3 is 2.83 bits per heavy atom. The predicted octanol–water partition coefficient (Wildman–Crippen LogP) is 5.21. The molecule has 8 nitrogen and oxygen atoms in total. The van der Waals surface area contributed by atoms with Gasteiger partial charge in [0.05, 0.1) is 36.0 Å². The van der Waals surface area contributed by atoms with Crippen LogP contribution in [0.1, 0.15) is 12.8 Å². The van der Waals surface area contributed by atoms with Crippen LogP contribution in [0.3, 0.4) is 0 Å². The van der Waals surface area contributed by atoms with Gasteiger partial charge in [0.2, 0.25) is 0 Å². The first-order valence-corrected chi connectivity index (χ1v) is 11.3. The molecule has 184 valence electrons. The molecule has 0 aliphatic carbocycles. The quantitative estimate of drug-likeness (QED) is 0.493. The van der Waals surface area contributed by atoms with E-state index >= 15 is 0 Å². The summed E-state index contributed by atoms with van der Waals surface area (Å²) in [6.07, 6.45) is 1.41. The Labute approximate surface area is 203 Å². The molecule has 0 bridgehead atoms. The number of alkyl halides is 2. The second-order valence-corrected chi connectivity index (χ2v) is 8.81. The number of carbonyl (C=O) groups excluding carboxylic acids is 1. The third-order valence-corrected chi connectivity index (χ3v) is 6.09. The van der Waals surface area contributed by atoms with Crippen LogP contribution in [-0.2, 0) is 4.74 Å².